The SMILES string of the molecule is COc1ccccc1NC(=O)NCc1cc[nH]c1. The molecule has 0 aliphatic carbocycles. The van der Waals surface area contributed by atoms with Crippen molar-refractivity contribution < 1.29 is 9.53 Å². The van der Waals surface area contributed by atoms with E-state index in [1.165, 1.54) is 0 Å². The number of H-pyrrole nitrogens is 1. The van der Waals surface area contributed by atoms with Crippen molar-refractivity contribution in [3.05, 3.63) is 48.3 Å². The van der Waals surface area contributed by atoms with Crippen LogP contribution in [0, 0.1) is 0 Å². The molecule has 3 N–H and O–H groups in total. The number of rotatable bonds is 4. The van der Waals surface area contributed by atoms with Gasteiger partial charge in [0, 0.05) is 18.9 Å². The van der Waals surface area contributed by atoms with Crippen molar-refractivity contribution in [2.24, 2.45) is 0 Å². The van der Waals surface area contributed by atoms with Crippen molar-refractivity contribution in [2.75, 3.05) is 12.4 Å². The molecule has 0 unspecified atom stereocenters. The average Bonchev–Trinajstić information content (AvgIpc) is 2.90. The number of ether oxygens (including phenoxy) is 1. The highest BCUT2D eigenvalue weighted by Crippen LogP contribution is 2.22. The van der Waals surface area contributed by atoms with Gasteiger partial charge in [-0.1, -0.05) is 12.1 Å². The van der Waals surface area contributed by atoms with Crippen LogP contribution >= 0.6 is 0 Å². The van der Waals surface area contributed by atoms with Crippen LogP contribution in [0.4, 0.5) is 10.5 Å². The van der Waals surface area contributed by atoms with Gasteiger partial charge in [0.05, 0.1) is 12.8 Å². The van der Waals surface area contributed by atoms with Crippen LogP contribution in [0.3, 0.4) is 0 Å². The van der Waals surface area contributed by atoms with Gasteiger partial charge in [0.1, 0.15) is 5.75 Å². The summed E-state index contributed by atoms with van der Waals surface area (Å²) in [6.45, 7) is 0.477. The molecule has 5 heteroatoms. The van der Waals surface area contributed by atoms with E-state index in [0.29, 0.717) is 18.0 Å². The minimum Gasteiger partial charge on any atom is -0.495 e. The second kappa shape index (κ2) is 5.77. The summed E-state index contributed by atoms with van der Waals surface area (Å²) >= 11 is 0. The topological polar surface area (TPSA) is 66.2 Å². The lowest BCUT2D eigenvalue weighted by Gasteiger charge is -2.10. The Balaban J connectivity index is 1.90. The Bertz CT molecular complexity index is 509. The first-order chi connectivity index (χ1) is 8.79. The number of carbonyl (C=O) groups is 1. The van der Waals surface area contributed by atoms with E-state index in [-0.39, 0.29) is 6.03 Å². The monoisotopic (exact) mass is 245 g/mol. The number of amides is 2. The van der Waals surface area contributed by atoms with Crippen LogP contribution in [0.15, 0.2) is 42.7 Å². The quantitative estimate of drug-likeness (QED) is 0.774. The van der Waals surface area contributed by atoms with E-state index < -0.39 is 0 Å². The van der Waals surface area contributed by atoms with Gasteiger partial charge in [0.15, 0.2) is 0 Å². The van der Waals surface area contributed by atoms with Crippen molar-refractivity contribution in [2.45, 2.75) is 6.54 Å². The van der Waals surface area contributed by atoms with Crippen LogP contribution in [-0.2, 0) is 6.54 Å². The van der Waals surface area contributed by atoms with Gasteiger partial charge in [-0.05, 0) is 23.8 Å². The largest absolute Gasteiger partial charge is 0.495 e. The summed E-state index contributed by atoms with van der Waals surface area (Å²) in [6, 6.07) is 8.91. The van der Waals surface area contributed by atoms with Gasteiger partial charge in [0.25, 0.3) is 0 Å². The molecule has 0 aliphatic rings. The summed E-state index contributed by atoms with van der Waals surface area (Å²) in [5, 5.41) is 5.50. The van der Waals surface area contributed by atoms with Crippen LogP contribution in [0.5, 0.6) is 5.75 Å². The zero-order chi connectivity index (χ0) is 12.8. The molecule has 0 atom stereocenters. The molecule has 0 bridgehead atoms. The number of nitrogens with one attached hydrogen (secondary N) is 3. The van der Waals surface area contributed by atoms with Gasteiger partial charge in [-0.25, -0.2) is 4.79 Å². The molecule has 0 radical (unpaired) electrons. The lowest BCUT2D eigenvalue weighted by molar-refractivity contribution is 0.251. The second-order valence-corrected chi connectivity index (χ2v) is 3.73. The van der Waals surface area contributed by atoms with Crippen molar-refractivity contribution in [1.29, 1.82) is 0 Å². The number of aromatic amines is 1. The third-order valence-corrected chi connectivity index (χ3v) is 2.47. The molecule has 5 nitrogen and oxygen atoms in total. The van der Waals surface area contributed by atoms with E-state index in [1.54, 1.807) is 19.2 Å². The highest BCUT2D eigenvalue weighted by Gasteiger charge is 2.05. The number of para-hydroxylation sites is 2. The van der Waals surface area contributed by atoms with E-state index in [4.69, 9.17) is 4.74 Å². The molecule has 18 heavy (non-hydrogen) atoms. The van der Waals surface area contributed by atoms with Gasteiger partial charge < -0.3 is 20.4 Å². The molecule has 2 rings (SSSR count). The Labute approximate surface area is 105 Å². The lowest BCUT2D eigenvalue weighted by atomic mass is 10.3. The number of aromatic nitrogens is 1. The molecule has 0 saturated carbocycles. The van der Waals surface area contributed by atoms with E-state index in [2.05, 4.69) is 15.6 Å². The number of anilines is 1. The fourth-order valence-electron chi connectivity index (χ4n) is 1.57. The number of methoxy groups -OCH3 is 1. The molecule has 1 heterocycles. The highest BCUT2D eigenvalue weighted by molar-refractivity contribution is 5.90. The Kier molecular flexibility index (Phi) is 3.86. The predicted molar refractivity (Wildman–Crippen MR) is 69.6 cm³/mol. The van der Waals surface area contributed by atoms with Crippen molar-refractivity contribution >= 4 is 11.7 Å². The predicted octanol–water partition coefficient (Wildman–Crippen LogP) is 2.34. The van der Waals surface area contributed by atoms with Gasteiger partial charge in [-0.15, -0.1) is 0 Å². The van der Waals surface area contributed by atoms with Crippen LogP contribution in [0.2, 0.25) is 0 Å². The number of hydrogen-bond acceptors (Lipinski definition) is 2. The van der Waals surface area contributed by atoms with Gasteiger partial charge in [-0.3, -0.25) is 0 Å². The van der Waals surface area contributed by atoms with E-state index in [9.17, 15) is 4.79 Å². The summed E-state index contributed by atoms with van der Waals surface area (Å²) < 4.78 is 5.15. The number of hydrogen-bond donors (Lipinski definition) is 3. The molecule has 1 aromatic carbocycles. The number of benzene rings is 1. The van der Waals surface area contributed by atoms with E-state index in [1.807, 2.05) is 30.6 Å². The molecule has 1 aromatic heterocycles. The first kappa shape index (κ1) is 12.0. The Morgan fingerprint density at radius 3 is 2.89 bits per heavy atom. The summed E-state index contributed by atoms with van der Waals surface area (Å²) in [6.07, 6.45) is 3.65. The molecule has 0 saturated heterocycles. The molecule has 94 valence electrons. The maximum absolute atomic E-state index is 11.7. The maximum Gasteiger partial charge on any atom is 0.319 e. The highest BCUT2D eigenvalue weighted by atomic mass is 16.5. The molecule has 2 aromatic rings. The first-order valence-corrected chi connectivity index (χ1v) is 5.59. The van der Waals surface area contributed by atoms with Crippen molar-refractivity contribution in [3.63, 3.8) is 0 Å². The zero-order valence-electron chi connectivity index (χ0n) is 10.1. The van der Waals surface area contributed by atoms with Gasteiger partial charge in [0.2, 0.25) is 0 Å². The van der Waals surface area contributed by atoms with E-state index >= 15 is 0 Å². The Morgan fingerprint density at radius 2 is 2.17 bits per heavy atom. The van der Waals surface area contributed by atoms with Crippen molar-refractivity contribution in [3.8, 4) is 5.75 Å². The fraction of sp³-hybridized carbons (Fsp3) is 0.154. The summed E-state index contributed by atoms with van der Waals surface area (Å²) in [7, 11) is 1.57. The minimum absolute atomic E-state index is 0.263. The first-order valence-electron chi connectivity index (χ1n) is 5.59. The van der Waals surface area contributed by atoms with Gasteiger partial charge in [-0.2, -0.15) is 0 Å². The molecule has 0 aliphatic heterocycles. The van der Waals surface area contributed by atoms with Crippen LogP contribution in [-0.4, -0.2) is 18.1 Å². The maximum atomic E-state index is 11.7. The fourth-order valence-corrected chi connectivity index (χ4v) is 1.57. The van der Waals surface area contributed by atoms with Crippen LogP contribution < -0.4 is 15.4 Å². The van der Waals surface area contributed by atoms with Crippen LogP contribution in [0.1, 0.15) is 5.56 Å². The molecule has 0 fully saturated rings. The van der Waals surface area contributed by atoms with Crippen LogP contribution in [0.25, 0.3) is 0 Å². The second-order valence-electron chi connectivity index (χ2n) is 3.73. The lowest BCUT2D eigenvalue weighted by Crippen LogP contribution is -2.28. The average molecular weight is 245 g/mol. The van der Waals surface area contributed by atoms with Crippen molar-refractivity contribution in [1.82, 2.24) is 10.3 Å². The van der Waals surface area contributed by atoms with Gasteiger partial charge >= 0.3 is 6.03 Å². The third-order valence-electron chi connectivity index (χ3n) is 2.47. The summed E-state index contributed by atoms with van der Waals surface area (Å²) in [4.78, 5) is 14.6. The number of carbonyl (C=O) groups excluding carboxylic acids is 1. The molecule has 2 amide bonds. The zero-order valence-corrected chi connectivity index (χ0v) is 10.1. The molecular formula is C13H15N3O2. The molecular weight excluding hydrogens is 230 g/mol. The Morgan fingerprint density at radius 1 is 1.33 bits per heavy atom. The summed E-state index contributed by atoms with van der Waals surface area (Å²) in [5.41, 5.74) is 1.66. The normalized spacial score (nSPS) is 9.83. The van der Waals surface area contributed by atoms with E-state index in [0.717, 1.165) is 5.56 Å². The Hall–Kier alpha value is -2.43. The smallest absolute Gasteiger partial charge is 0.319 e. The molecule has 0 spiro atoms. The minimum atomic E-state index is -0.263. The third kappa shape index (κ3) is 3.04. The summed E-state index contributed by atoms with van der Waals surface area (Å²) in [5.74, 6) is 0.634. The number of urea groups is 1. The standard InChI is InChI=1S/C13H15N3O2/c1-18-12-5-3-2-4-11(12)16-13(17)15-9-10-6-7-14-8-10/h2-8,14H,9H2,1H3,(H2,15,16,17).